The molecule has 0 fully saturated rings. The zero-order chi connectivity index (χ0) is 48.9. The van der Waals surface area contributed by atoms with Gasteiger partial charge in [0.25, 0.3) is 0 Å². The van der Waals surface area contributed by atoms with Gasteiger partial charge in [0.1, 0.15) is 0 Å². The molecular formula is C54H79CaClN4O8. The second-order valence-electron chi connectivity index (χ2n) is 17.3. The Morgan fingerprint density at radius 1 is 0.456 bits per heavy atom. The molecule has 2 atom stereocenters. The zero-order valence-corrected chi connectivity index (χ0v) is 46.3. The van der Waals surface area contributed by atoms with Crippen molar-refractivity contribution in [3.05, 3.63) is 95.1 Å². The first kappa shape index (κ1) is 61.7. The van der Waals surface area contributed by atoms with Crippen LogP contribution in [0.5, 0.6) is 46.0 Å². The fraction of sp³-hybridized carbons (Fsp3) is 0.519. The molecule has 372 valence electrons. The fourth-order valence-electron chi connectivity index (χ4n) is 8.45. The summed E-state index contributed by atoms with van der Waals surface area (Å²) in [6.07, 6.45) is 5.22. The Bertz CT molecular complexity index is 2060. The van der Waals surface area contributed by atoms with E-state index in [2.05, 4.69) is 75.9 Å². The Labute approximate surface area is 447 Å². The van der Waals surface area contributed by atoms with Crippen LogP contribution in [0.4, 0.5) is 0 Å². The van der Waals surface area contributed by atoms with Crippen LogP contribution in [0, 0.1) is 34.5 Å². The predicted octanol–water partition coefficient (Wildman–Crippen LogP) is 10.5. The minimum atomic E-state index is -0.580. The van der Waals surface area contributed by atoms with E-state index in [1.54, 1.807) is 56.9 Å². The molecule has 0 N–H and O–H groups in total. The third kappa shape index (κ3) is 16.4. The summed E-state index contributed by atoms with van der Waals surface area (Å²) in [7, 11) is 17.3. The SMILES string of the molecule is COc1ccc(CCN(C)CCCC(C#N)(c2ccc(OC)c(OC)c2)C(C)C)cc1OC.COc1ccc(CCN(C)CCCC(C#N)(c2ccc(OC)c(OC)c2)C(C)C)cc1OC.Cl.[Ca+2].[H-].[H-]. The summed E-state index contributed by atoms with van der Waals surface area (Å²) in [4.78, 5) is 4.63. The number of ether oxygens (including phenoxy) is 8. The third-order valence-corrected chi connectivity index (χ3v) is 12.8. The normalized spacial score (nSPS) is 12.5. The second-order valence-corrected chi connectivity index (χ2v) is 17.3. The number of benzene rings is 4. The molecule has 4 aromatic carbocycles. The first-order chi connectivity index (χ1) is 31.7. The molecule has 0 radical (unpaired) electrons. The Morgan fingerprint density at radius 2 is 0.735 bits per heavy atom. The molecular weight excluding hydrogens is 908 g/mol. The summed E-state index contributed by atoms with van der Waals surface area (Å²) in [6.45, 7) is 12.1. The van der Waals surface area contributed by atoms with E-state index in [0.717, 1.165) is 98.8 Å². The molecule has 0 aliphatic rings. The van der Waals surface area contributed by atoms with Gasteiger partial charge in [0, 0.05) is 13.1 Å². The second kappa shape index (κ2) is 31.1. The molecule has 14 heteroatoms. The third-order valence-electron chi connectivity index (χ3n) is 12.8. The summed E-state index contributed by atoms with van der Waals surface area (Å²) in [5.74, 6) is 5.97. The van der Waals surface area contributed by atoms with Gasteiger partial charge in [-0.2, -0.15) is 10.5 Å². The Morgan fingerprint density at radius 3 is 1.00 bits per heavy atom. The molecule has 0 heterocycles. The van der Waals surface area contributed by atoms with Crippen molar-refractivity contribution in [3.63, 3.8) is 0 Å². The van der Waals surface area contributed by atoms with Gasteiger partial charge in [0.05, 0.1) is 79.8 Å². The molecule has 0 aliphatic carbocycles. The summed E-state index contributed by atoms with van der Waals surface area (Å²) < 4.78 is 43.2. The van der Waals surface area contributed by atoms with Crippen molar-refractivity contribution >= 4 is 50.1 Å². The van der Waals surface area contributed by atoms with E-state index < -0.39 is 10.8 Å². The van der Waals surface area contributed by atoms with E-state index in [9.17, 15) is 10.5 Å². The largest absolute Gasteiger partial charge is 2.00 e. The zero-order valence-electron chi connectivity index (χ0n) is 45.3. The van der Waals surface area contributed by atoms with Crippen LogP contribution >= 0.6 is 12.4 Å². The van der Waals surface area contributed by atoms with E-state index >= 15 is 0 Å². The minimum Gasteiger partial charge on any atom is -1.00 e. The van der Waals surface area contributed by atoms with E-state index in [0.29, 0.717) is 23.0 Å². The number of likely N-dealkylation sites (N-methyl/N-ethyl adjacent to an activating group) is 2. The fourth-order valence-corrected chi connectivity index (χ4v) is 8.45. The predicted molar refractivity (Wildman–Crippen MR) is 279 cm³/mol. The number of nitriles is 2. The first-order valence-corrected chi connectivity index (χ1v) is 22.8. The maximum Gasteiger partial charge on any atom is 2.00 e. The van der Waals surface area contributed by atoms with E-state index in [1.165, 1.54) is 11.1 Å². The van der Waals surface area contributed by atoms with Crippen molar-refractivity contribution < 1.29 is 40.7 Å². The van der Waals surface area contributed by atoms with Crippen molar-refractivity contribution in [2.45, 2.75) is 77.0 Å². The van der Waals surface area contributed by atoms with Gasteiger partial charge >= 0.3 is 37.7 Å². The van der Waals surface area contributed by atoms with Crippen molar-refractivity contribution in [2.75, 3.05) is 97.2 Å². The molecule has 0 saturated heterocycles. The van der Waals surface area contributed by atoms with E-state index in [1.807, 2.05) is 60.7 Å². The van der Waals surface area contributed by atoms with Crippen molar-refractivity contribution in [1.82, 2.24) is 9.80 Å². The number of rotatable bonds is 26. The molecule has 2 unspecified atom stereocenters. The average molecular weight is 988 g/mol. The van der Waals surface area contributed by atoms with Crippen LogP contribution in [0.15, 0.2) is 72.8 Å². The van der Waals surface area contributed by atoms with Crippen LogP contribution in [0.2, 0.25) is 0 Å². The van der Waals surface area contributed by atoms with Crippen molar-refractivity contribution in [3.8, 4) is 58.1 Å². The molecule has 4 aromatic rings. The Kier molecular flexibility index (Phi) is 28.2. The van der Waals surface area contributed by atoms with Crippen LogP contribution < -0.4 is 37.9 Å². The van der Waals surface area contributed by atoms with Gasteiger partial charge in [-0.3, -0.25) is 0 Å². The van der Waals surface area contributed by atoms with Crippen LogP contribution in [0.1, 0.15) is 78.5 Å². The van der Waals surface area contributed by atoms with Crippen LogP contribution in [-0.2, 0) is 23.7 Å². The average Bonchev–Trinajstić information content (AvgIpc) is 3.34. The van der Waals surface area contributed by atoms with E-state index in [4.69, 9.17) is 37.9 Å². The van der Waals surface area contributed by atoms with Crippen LogP contribution in [-0.4, -0.2) is 145 Å². The monoisotopic (exact) mass is 987 g/mol. The molecule has 4 rings (SSSR count). The number of halogens is 1. The minimum absolute atomic E-state index is 0. The van der Waals surface area contributed by atoms with Gasteiger partial charge in [-0.05, 0) is 148 Å². The van der Waals surface area contributed by atoms with Crippen molar-refractivity contribution in [1.29, 1.82) is 10.5 Å². The Balaban J connectivity index is 0. The van der Waals surface area contributed by atoms with Gasteiger partial charge in [-0.15, -0.1) is 12.4 Å². The summed E-state index contributed by atoms with van der Waals surface area (Å²) in [5.41, 5.74) is 3.21. The van der Waals surface area contributed by atoms with Crippen LogP contribution in [0.25, 0.3) is 0 Å². The van der Waals surface area contributed by atoms with Gasteiger partial charge < -0.3 is 50.5 Å². The van der Waals surface area contributed by atoms with Crippen LogP contribution in [0.3, 0.4) is 0 Å². The molecule has 0 spiro atoms. The molecule has 0 bridgehead atoms. The molecule has 12 nitrogen and oxygen atoms in total. The van der Waals surface area contributed by atoms with Gasteiger partial charge in [0.2, 0.25) is 0 Å². The molecule has 0 aliphatic heterocycles. The van der Waals surface area contributed by atoms with E-state index in [-0.39, 0.29) is 64.8 Å². The van der Waals surface area contributed by atoms with Gasteiger partial charge in [0.15, 0.2) is 46.0 Å². The quantitative estimate of drug-likeness (QED) is 0.0556. The topological polar surface area (TPSA) is 128 Å². The Hall–Kier alpha value is -4.27. The number of nitrogens with zero attached hydrogens (tertiary/aromatic N) is 4. The molecule has 0 aromatic heterocycles. The molecule has 0 saturated carbocycles. The molecule has 68 heavy (non-hydrogen) atoms. The van der Waals surface area contributed by atoms with Gasteiger partial charge in [-0.25, -0.2) is 0 Å². The summed E-state index contributed by atoms with van der Waals surface area (Å²) in [5, 5.41) is 20.5. The molecule has 0 amide bonds. The summed E-state index contributed by atoms with van der Waals surface area (Å²) >= 11 is 0. The van der Waals surface area contributed by atoms with Gasteiger partial charge in [-0.1, -0.05) is 52.0 Å². The summed E-state index contributed by atoms with van der Waals surface area (Å²) in [6, 6.07) is 29.0. The first-order valence-electron chi connectivity index (χ1n) is 22.8. The maximum atomic E-state index is 10.2. The smallest absolute Gasteiger partial charge is 1.00 e. The number of methoxy groups -OCH3 is 8. The number of hydrogen-bond donors (Lipinski definition) is 0. The standard InChI is InChI=1S/2C27H38N2O4.Ca.ClH.2H/c2*1-20(2)27(19-28,22-10-12-24(31-5)26(18-22)33-7)14-8-15-29(3)16-13-21-9-11-23(30-4)25(17-21)32-6;;;;/h2*9-12,17-18,20H,8,13-16H2,1-7H3;;1H;;/q;;+2;;2*-1. The maximum absolute atomic E-state index is 10.2. The van der Waals surface area contributed by atoms with Crippen molar-refractivity contribution in [2.24, 2.45) is 11.8 Å². The number of hydrogen-bond acceptors (Lipinski definition) is 12.